The van der Waals surface area contributed by atoms with Gasteiger partial charge in [0.2, 0.25) is 0 Å². The van der Waals surface area contributed by atoms with Crippen LogP contribution in [0.5, 0.6) is 0 Å². The number of hydrogen-bond donors (Lipinski definition) is 1. The molecule has 2 amide bonds. The number of amides is 2. The van der Waals surface area contributed by atoms with E-state index in [4.69, 9.17) is 0 Å². The molecule has 1 aliphatic heterocycles. The molecule has 1 N–H and O–H groups in total. The Morgan fingerprint density at radius 3 is 1.31 bits per heavy atom. The monoisotopic (exact) mass is 461 g/mol. The van der Waals surface area contributed by atoms with E-state index in [0.717, 1.165) is 24.2 Å². The fraction of sp³-hybridized carbons (Fsp3) is 0.194. The molecular formula is C31H31N3O. The highest BCUT2D eigenvalue weighted by molar-refractivity contribution is 5.75. The zero-order chi connectivity index (χ0) is 23.9. The maximum atomic E-state index is 13.4. The first-order chi connectivity index (χ1) is 17.3. The van der Waals surface area contributed by atoms with E-state index >= 15 is 0 Å². The summed E-state index contributed by atoms with van der Waals surface area (Å²) in [6.07, 6.45) is 0. The summed E-state index contributed by atoms with van der Waals surface area (Å²) in [7, 11) is 0. The van der Waals surface area contributed by atoms with Crippen LogP contribution in [0.2, 0.25) is 0 Å². The molecule has 0 unspecified atom stereocenters. The number of urea groups is 1. The number of carbonyl (C=O) groups excluding carboxylic acids is 1. The molecule has 4 heteroatoms. The van der Waals surface area contributed by atoms with E-state index in [1.165, 1.54) is 11.1 Å². The first-order valence-corrected chi connectivity index (χ1v) is 12.3. The average Bonchev–Trinajstić information content (AvgIpc) is 2.94. The lowest BCUT2D eigenvalue weighted by atomic mass is 9.96. The van der Waals surface area contributed by atoms with Crippen molar-refractivity contribution in [1.82, 2.24) is 15.1 Å². The molecule has 0 aromatic heterocycles. The van der Waals surface area contributed by atoms with Crippen molar-refractivity contribution in [2.24, 2.45) is 0 Å². The van der Waals surface area contributed by atoms with Gasteiger partial charge in [-0.2, -0.15) is 0 Å². The largest absolute Gasteiger partial charge is 0.327 e. The predicted octanol–water partition coefficient (Wildman–Crippen LogP) is 5.89. The van der Waals surface area contributed by atoms with Crippen molar-refractivity contribution < 1.29 is 4.79 Å². The molecule has 1 fully saturated rings. The molecule has 5 rings (SSSR count). The van der Waals surface area contributed by atoms with E-state index in [-0.39, 0.29) is 18.1 Å². The smallest absolute Gasteiger partial charge is 0.318 e. The summed E-state index contributed by atoms with van der Waals surface area (Å²) in [5.41, 5.74) is 4.73. The van der Waals surface area contributed by atoms with Crippen LogP contribution in [0.25, 0.3) is 0 Å². The molecule has 1 heterocycles. The van der Waals surface area contributed by atoms with Crippen LogP contribution in [-0.4, -0.2) is 42.0 Å². The predicted molar refractivity (Wildman–Crippen MR) is 141 cm³/mol. The molecule has 1 saturated heterocycles. The molecule has 0 spiro atoms. The molecule has 4 aromatic rings. The third-order valence-corrected chi connectivity index (χ3v) is 6.73. The Morgan fingerprint density at radius 1 is 0.543 bits per heavy atom. The highest BCUT2D eigenvalue weighted by Crippen LogP contribution is 2.29. The van der Waals surface area contributed by atoms with Gasteiger partial charge in [-0.15, -0.1) is 0 Å². The summed E-state index contributed by atoms with van der Waals surface area (Å²) in [5, 5.41) is 3.30. The van der Waals surface area contributed by atoms with Gasteiger partial charge in [-0.25, -0.2) is 4.79 Å². The summed E-state index contributed by atoms with van der Waals surface area (Å²) in [6, 6.07) is 41.6. The minimum absolute atomic E-state index is 0.0154. The number of carbonyl (C=O) groups is 1. The Kier molecular flexibility index (Phi) is 7.21. The van der Waals surface area contributed by atoms with Crippen LogP contribution in [0.1, 0.15) is 34.3 Å². The van der Waals surface area contributed by atoms with Crippen LogP contribution < -0.4 is 5.32 Å². The number of nitrogens with zero attached hydrogens (tertiary/aromatic N) is 2. The first kappa shape index (κ1) is 22.9. The normalized spacial score (nSPS) is 14.3. The first-order valence-electron chi connectivity index (χ1n) is 12.3. The third-order valence-electron chi connectivity index (χ3n) is 6.73. The molecule has 176 valence electrons. The SMILES string of the molecule is O=C(NC(c1ccccc1)c1ccccc1)N1CCN(C(c2ccccc2)c2ccccc2)CC1. The second kappa shape index (κ2) is 11.0. The number of hydrogen-bond acceptors (Lipinski definition) is 2. The standard InChI is InChI=1S/C31H31N3O/c35-31(32-29(25-13-5-1-6-14-25)26-15-7-2-8-16-26)34-23-21-33(22-24-34)30(27-17-9-3-10-18-27)28-19-11-4-12-20-28/h1-20,29-30H,21-24H2,(H,32,35). The summed E-state index contributed by atoms with van der Waals surface area (Å²) < 4.78 is 0. The van der Waals surface area contributed by atoms with E-state index in [2.05, 4.69) is 95.1 Å². The van der Waals surface area contributed by atoms with Crippen LogP contribution in [0, 0.1) is 0 Å². The maximum Gasteiger partial charge on any atom is 0.318 e. The maximum absolute atomic E-state index is 13.4. The zero-order valence-electron chi connectivity index (χ0n) is 19.8. The van der Waals surface area contributed by atoms with E-state index in [0.29, 0.717) is 13.1 Å². The minimum atomic E-state index is -0.177. The van der Waals surface area contributed by atoms with Gasteiger partial charge in [-0.3, -0.25) is 4.90 Å². The molecule has 0 atom stereocenters. The van der Waals surface area contributed by atoms with Crippen LogP contribution in [-0.2, 0) is 0 Å². The van der Waals surface area contributed by atoms with Gasteiger partial charge < -0.3 is 10.2 Å². The van der Waals surface area contributed by atoms with Crippen molar-refractivity contribution >= 4 is 6.03 Å². The molecule has 0 aliphatic carbocycles. The molecule has 0 bridgehead atoms. The Morgan fingerprint density at radius 2 is 0.914 bits per heavy atom. The van der Waals surface area contributed by atoms with Crippen molar-refractivity contribution in [1.29, 1.82) is 0 Å². The summed E-state index contributed by atoms with van der Waals surface area (Å²) in [4.78, 5) is 17.8. The Balaban J connectivity index is 1.30. The van der Waals surface area contributed by atoms with Crippen molar-refractivity contribution in [3.63, 3.8) is 0 Å². The lowest BCUT2D eigenvalue weighted by Crippen LogP contribution is -2.53. The summed E-state index contributed by atoms with van der Waals surface area (Å²) in [6.45, 7) is 3.03. The molecule has 0 saturated carbocycles. The van der Waals surface area contributed by atoms with Gasteiger partial charge in [0.1, 0.15) is 0 Å². The van der Waals surface area contributed by atoms with Crippen molar-refractivity contribution in [3.8, 4) is 0 Å². The van der Waals surface area contributed by atoms with Gasteiger partial charge in [0.25, 0.3) is 0 Å². The summed E-state index contributed by atoms with van der Waals surface area (Å²) >= 11 is 0. The van der Waals surface area contributed by atoms with E-state index in [1.807, 2.05) is 41.3 Å². The summed E-state index contributed by atoms with van der Waals surface area (Å²) in [5.74, 6) is 0. The highest BCUT2D eigenvalue weighted by atomic mass is 16.2. The van der Waals surface area contributed by atoms with Crippen LogP contribution in [0.4, 0.5) is 4.79 Å². The van der Waals surface area contributed by atoms with Crippen molar-refractivity contribution in [3.05, 3.63) is 144 Å². The van der Waals surface area contributed by atoms with Gasteiger partial charge in [0.05, 0.1) is 12.1 Å². The fourth-order valence-electron chi connectivity index (χ4n) is 4.93. The van der Waals surface area contributed by atoms with Gasteiger partial charge in [-0.1, -0.05) is 121 Å². The van der Waals surface area contributed by atoms with E-state index in [1.54, 1.807) is 0 Å². The van der Waals surface area contributed by atoms with Crippen LogP contribution in [0.15, 0.2) is 121 Å². The number of piperazine rings is 1. The topological polar surface area (TPSA) is 35.6 Å². The molecular weight excluding hydrogens is 430 g/mol. The zero-order valence-corrected chi connectivity index (χ0v) is 19.8. The minimum Gasteiger partial charge on any atom is -0.327 e. The second-order valence-corrected chi connectivity index (χ2v) is 8.95. The quantitative estimate of drug-likeness (QED) is 0.388. The van der Waals surface area contributed by atoms with Crippen molar-refractivity contribution in [2.45, 2.75) is 12.1 Å². The number of rotatable bonds is 6. The fourth-order valence-corrected chi connectivity index (χ4v) is 4.93. The molecule has 4 nitrogen and oxygen atoms in total. The number of benzene rings is 4. The molecule has 35 heavy (non-hydrogen) atoms. The number of nitrogens with one attached hydrogen (secondary N) is 1. The molecule has 1 aliphatic rings. The average molecular weight is 462 g/mol. The Hall–Kier alpha value is -3.89. The molecule has 4 aromatic carbocycles. The van der Waals surface area contributed by atoms with Crippen LogP contribution >= 0.6 is 0 Å². The molecule has 0 radical (unpaired) electrons. The van der Waals surface area contributed by atoms with Gasteiger partial charge in [0.15, 0.2) is 0 Å². The van der Waals surface area contributed by atoms with Crippen molar-refractivity contribution in [2.75, 3.05) is 26.2 Å². The van der Waals surface area contributed by atoms with Gasteiger partial charge in [-0.05, 0) is 22.3 Å². The van der Waals surface area contributed by atoms with Gasteiger partial charge in [0, 0.05) is 26.2 Å². The highest BCUT2D eigenvalue weighted by Gasteiger charge is 2.29. The van der Waals surface area contributed by atoms with Crippen LogP contribution in [0.3, 0.4) is 0 Å². The lowest BCUT2D eigenvalue weighted by molar-refractivity contribution is 0.119. The third kappa shape index (κ3) is 5.44. The Bertz CT molecular complexity index is 1110. The second-order valence-electron chi connectivity index (χ2n) is 8.95. The van der Waals surface area contributed by atoms with E-state index in [9.17, 15) is 4.79 Å². The lowest BCUT2D eigenvalue weighted by Gasteiger charge is -2.40. The Labute approximate surface area is 207 Å². The van der Waals surface area contributed by atoms with E-state index < -0.39 is 0 Å². The van der Waals surface area contributed by atoms with Gasteiger partial charge >= 0.3 is 6.03 Å².